The quantitative estimate of drug-likeness (QED) is 0.616. The fourth-order valence-electron chi connectivity index (χ4n) is 2.71. The molecular weight excluding hydrogens is 388 g/mol. The van der Waals surface area contributed by atoms with Gasteiger partial charge < -0.3 is 10.6 Å². The topological polar surface area (TPSA) is 102 Å². The molecule has 152 valence electrons. The predicted octanol–water partition coefficient (Wildman–Crippen LogP) is 3.69. The van der Waals surface area contributed by atoms with Crippen LogP contribution in [0.3, 0.4) is 0 Å². The number of carbonyl (C=O) groups is 2. The van der Waals surface area contributed by atoms with E-state index in [2.05, 4.69) is 39.5 Å². The Morgan fingerprint density at radius 3 is 2.34 bits per heavy atom. The number of carbonyl (C=O) groups excluding carboxylic acids is 2. The summed E-state index contributed by atoms with van der Waals surface area (Å²) in [5.74, 6) is 0.114. The molecule has 0 radical (unpaired) electrons. The lowest BCUT2D eigenvalue weighted by Crippen LogP contribution is -2.24. The molecule has 0 aliphatic carbocycles. The van der Waals surface area contributed by atoms with Crippen LogP contribution in [-0.2, 0) is 11.2 Å². The Bertz CT molecular complexity index is 979. The highest BCUT2D eigenvalue weighted by molar-refractivity contribution is 7.13. The maximum Gasteiger partial charge on any atom is 0.267 e. The van der Waals surface area contributed by atoms with Crippen LogP contribution in [0, 0.1) is 12.8 Å². The Hall–Kier alpha value is -3.07. The lowest BCUT2D eigenvalue weighted by atomic mass is 10.1. The van der Waals surface area contributed by atoms with Crippen LogP contribution in [0.1, 0.15) is 47.2 Å². The Morgan fingerprint density at radius 2 is 1.76 bits per heavy atom. The Balaban J connectivity index is 1.61. The van der Waals surface area contributed by atoms with Gasteiger partial charge in [-0.05, 0) is 44.0 Å². The predicted molar refractivity (Wildman–Crippen MR) is 113 cm³/mol. The van der Waals surface area contributed by atoms with E-state index >= 15 is 0 Å². The first-order chi connectivity index (χ1) is 13.8. The summed E-state index contributed by atoms with van der Waals surface area (Å²) >= 11 is 1.44. The molecule has 2 N–H and O–H groups in total. The molecule has 0 saturated carbocycles. The van der Waals surface area contributed by atoms with Crippen molar-refractivity contribution in [2.45, 2.75) is 40.2 Å². The van der Waals surface area contributed by atoms with Crippen LogP contribution < -0.4 is 10.6 Å². The maximum atomic E-state index is 12.6. The van der Waals surface area contributed by atoms with Crippen molar-refractivity contribution in [3.63, 3.8) is 0 Å². The number of rotatable bonds is 7. The zero-order chi connectivity index (χ0) is 21.0. The van der Waals surface area contributed by atoms with E-state index in [-0.39, 0.29) is 11.8 Å². The molecule has 9 heteroatoms. The number of aromatic nitrogens is 4. The van der Waals surface area contributed by atoms with Crippen molar-refractivity contribution in [1.29, 1.82) is 0 Å². The Kier molecular flexibility index (Phi) is 6.38. The summed E-state index contributed by atoms with van der Waals surface area (Å²) in [5.41, 5.74) is 2.03. The van der Waals surface area contributed by atoms with E-state index in [4.69, 9.17) is 0 Å². The van der Waals surface area contributed by atoms with Crippen molar-refractivity contribution in [2.24, 2.45) is 5.92 Å². The molecule has 1 atom stereocenters. The first kappa shape index (κ1) is 20.7. The monoisotopic (exact) mass is 412 g/mol. The molecule has 1 aromatic carbocycles. The van der Waals surface area contributed by atoms with Crippen LogP contribution in [0.4, 0.5) is 11.4 Å². The van der Waals surface area contributed by atoms with Crippen LogP contribution in [0.25, 0.3) is 0 Å². The second kappa shape index (κ2) is 8.95. The molecule has 0 spiro atoms. The molecule has 0 bridgehead atoms. The van der Waals surface area contributed by atoms with E-state index in [0.29, 0.717) is 22.2 Å². The van der Waals surface area contributed by atoms with Gasteiger partial charge >= 0.3 is 0 Å². The molecule has 2 heterocycles. The van der Waals surface area contributed by atoms with E-state index in [1.807, 2.05) is 6.92 Å². The molecule has 0 saturated heterocycles. The van der Waals surface area contributed by atoms with Gasteiger partial charge in [0.15, 0.2) is 0 Å². The molecule has 0 fully saturated rings. The van der Waals surface area contributed by atoms with Crippen molar-refractivity contribution >= 4 is 34.5 Å². The number of amides is 2. The first-order valence-corrected chi connectivity index (χ1v) is 10.2. The number of anilines is 2. The van der Waals surface area contributed by atoms with E-state index < -0.39 is 6.04 Å². The smallest absolute Gasteiger partial charge is 0.267 e. The summed E-state index contributed by atoms with van der Waals surface area (Å²) < 4.78 is 1.48. The van der Waals surface area contributed by atoms with E-state index in [1.54, 1.807) is 31.2 Å². The minimum absolute atomic E-state index is 0.174. The van der Waals surface area contributed by atoms with Gasteiger partial charge in [-0.3, -0.25) is 9.59 Å². The zero-order valence-electron chi connectivity index (χ0n) is 16.8. The number of hydrogen-bond acceptors (Lipinski definition) is 6. The number of aryl methyl sites for hydroxylation is 1. The van der Waals surface area contributed by atoms with Crippen molar-refractivity contribution in [3.8, 4) is 0 Å². The SMILES string of the molecule is Cc1nc(CC(C)C)sc1C(=O)Nc1ccc(NC(=O)C(C)n2cncn2)cc1. The summed E-state index contributed by atoms with van der Waals surface area (Å²) in [6, 6.07) is 6.50. The Labute approximate surface area is 173 Å². The highest BCUT2D eigenvalue weighted by Gasteiger charge is 2.17. The number of benzene rings is 1. The van der Waals surface area contributed by atoms with Crippen LogP contribution in [0.15, 0.2) is 36.9 Å². The lowest BCUT2D eigenvalue weighted by Gasteiger charge is -2.12. The van der Waals surface area contributed by atoms with E-state index in [9.17, 15) is 9.59 Å². The molecule has 8 nitrogen and oxygen atoms in total. The maximum absolute atomic E-state index is 12.6. The van der Waals surface area contributed by atoms with Gasteiger partial charge in [-0.25, -0.2) is 14.6 Å². The highest BCUT2D eigenvalue weighted by Crippen LogP contribution is 2.23. The zero-order valence-corrected chi connectivity index (χ0v) is 17.7. The van der Waals surface area contributed by atoms with E-state index in [1.165, 1.54) is 28.7 Å². The average molecular weight is 413 g/mol. The molecule has 2 amide bonds. The molecular formula is C20H24N6O2S. The minimum atomic E-state index is -0.480. The second-order valence-corrected chi connectivity index (χ2v) is 8.28. The summed E-state index contributed by atoms with van der Waals surface area (Å²) in [7, 11) is 0. The largest absolute Gasteiger partial charge is 0.324 e. The van der Waals surface area contributed by atoms with Gasteiger partial charge in [0.1, 0.15) is 23.6 Å². The standard InChI is InChI=1S/C20H24N6O2S/c1-12(2)9-17-23-13(3)18(29-17)20(28)25-16-7-5-15(6-8-16)24-19(27)14(4)26-11-21-10-22-26/h5-8,10-12,14H,9H2,1-4H3,(H,24,27)(H,25,28). The summed E-state index contributed by atoms with van der Waals surface area (Å²) in [6.45, 7) is 7.85. The molecule has 3 rings (SSSR count). The molecule has 1 unspecified atom stereocenters. The summed E-state index contributed by atoms with van der Waals surface area (Å²) in [5, 5.41) is 10.7. The summed E-state index contributed by atoms with van der Waals surface area (Å²) in [4.78, 5) is 33.9. The number of hydrogen-bond donors (Lipinski definition) is 2. The third kappa shape index (κ3) is 5.26. The van der Waals surface area contributed by atoms with Crippen LogP contribution >= 0.6 is 11.3 Å². The van der Waals surface area contributed by atoms with Gasteiger partial charge in [0.05, 0.1) is 10.7 Å². The molecule has 0 aliphatic heterocycles. The molecule has 2 aromatic heterocycles. The van der Waals surface area contributed by atoms with Crippen LogP contribution in [0.2, 0.25) is 0 Å². The molecule has 3 aromatic rings. The van der Waals surface area contributed by atoms with Gasteiger partial charge in [-0.1, -0.05) is 13.8 Å². The lowest BCUT2D eigenvalue weighted by molar-refractivity contribution is -0.119. The fourth-order valence-corrected chi connectivity index (χ4v) is 3.88. The minimum Gasteiger partial charge on any atom is -0.324 e. The Morgan fingerprint density at radius 1 is 1.10 bits per heavy atom. The number of nitrogens with one attached hydrogen (secondary N) is 2. The van der Waals surface area contributed by atoms with Crippen molar-refractivity contribution in [1.82, 2.24) is 19.7 Å². The third-order valence-corrected chi connectivity index (χ3v) is 5.43. The second-order valence-electron chi connectivity index (χ2n) is 7.19. The molecule has 29 heavy (non-hydrogen) atoms. The first-order valence-electron chi connectivity index (χ1n) is 9.36. The highest BCUT2D eigenvalue weighted by atomic mass is 32.1. The van der Waals surface area contributed by atoms with Crippen LogP contribution in [0.5, 0.6) is 0 Å². The van der Waals surface area contributed by atoms with Gasteiger partial charge in [0.2, 0.25) is 5.91 Å². The number of nitrogens with zero attached hydrogens (tertiary/aromatic N) is 4. The van der Waals surface area contributed by atoms with Gasteiger partial charge in [0, 0.05) is 17.8 Å². The van der Waals surface area contributed by atoms with Crippen molar-refractivity contribution in [3.05, 3.63) is 52.5 Å². The van der Waals surface area contributed by atoms with Crippen LogP contribution in [-0.4, -0.2) is 31.6 Å². The van der Waals surface area contributed by atoms with Gasteiger partial charge in [0.25, 0.3) is 5.91 Å². The number of thiazole rings is 1. The molecule has 0 aliphatic rings. The summed E-state index contributed by atoms with van der Waals surface area (Å²) in [6.07, 6.45) is 3.74. The van der Waals surface area contributed by atoms with Crippen molar-refractivity contribution < 1.29 is 9.59 Å². The van der Waals surface area contributed by atoms with Gasteiger partial charge in [-0.2, -0.15) is 5.10 Å². The van der Waals surface area contributed by atoms with Crippen molar-refractivity contribution in [2.75, 3.05) is 10.6 Å². The fraction of sp³-hybridized carbons (Fsp3) is 0.350. The average Bonchev–Trinajstić information content (AvgIpc) is 3.32. The third-order valence-electron chi connectivity index (χ3n) is 4.25. The van der Waals surface area contributed by atoms with E-state index in [0.717, 1.165) is 17.1 Å². The van der Waals surface area contributed by atoms with Gasteiger partial charge in [-0.15, -0.1) is 11.3 Å². The normalized spacial score (nSPS) is 12.0.